The highest BCUT2D eigenvalue weighted by Crippen LogP contribution is 2.12. The summed E-state index contributed by atoms with van der Waals surface area (Å²) in [5.74, 6) is 0.953. The molecule has 3 heteroatoms. The maximum Gasteiger partial charge on any atom is 0.339 e. The molecule has 0 aliphatic rings. The fourth-order valence-corrected chi connectivity index (χ4v) is 1.48. The van der Waals surface area contributed by atoms with Crippen molar-refractivity contribution in [2.75, 3.05) is 6.61 Å². The molecule has 3 nitrogen and oxygen atoms in total. The first-order valence-corrected chi connectivity index (χ1v) is 5.45. The molecule has 88 valence electrons. The Kier molecular flexibility index (Phi) is 4.50. The van der Waals surface area contributed by atoms with Gasteiger partial charge in [-0.1, -0.05) is 19.9 Å². The molecule has 1 heterocycles. The molecule has 16 heavy (non-hydrogen) atoms. The minimum Gasteiger partial charge on any atom is -0.423 e. The predicted octanol–water partition coefficient (Wildman–Crippen LogP) is 2.23. The topological polar surface area (TPSA) is 50.4 Å². The highest BCUT2D eigenvalue weighted by molar-refractivity contribution is 5.58. The molecule has 0 spiro atoms. The van der Waals surface area contributed by atoms with Gasteiger partial charge in [0.15, 0.2) is 0 Å². The molecule has 0 aliphatic heterocycles. The van der Waals surface area contributed by atoms with E-state index in [4.69, 9.17) is 9.52 Å². The summed E-state index contributed by atoms with van der Waals surface area (Å²) in [6.45, 7) is 5.87. The van der Waals surface area contributed by atoms with Crippen LogP contribution in [0.1, 0.15) is 32.1 Å². The second kappa shape index (κ2) is 5.66. The van der Waals surface area contributed by atoms with E-state index >= 15 is 0 Å². The van der Waals surface area contributed by atoms with Gasteiger partial charge in [0.2, 0.25) is 0 Å². The monoisotopic (exact) mass is 222 g/mol. The van der Waals surface area contributed by atoms with Gasteiger partial charge in [-0.2, -0.15) is 0 Å². The van der Waals surface area contributed by atoms with Crippen molar-refractivity contribution in [3.8, 4) is 0 Å². The Morgan fingerprint density at radius 2 is 2.19 bits per heavy atom. The van der Waals surface area contributed by atoms with Gasteiger partial charge in [0.25, 0.3) is 0 Å². The van der Waals surface area contributed by atoms with Gasteiger partial charge in [-0.3, -0.25) is 0 Å². The summed E-state index contributed by atoms with van der Waals surface area (Å²) in [4.78, 5) is 11.6. The summed E-state index contributed by atoms with van der Waals surface area (Å²) in [7, 11) is 0. The fraction of sp³-hybridized carbons (Fsp3) is 0.462. The smallest absolute Gasteiger partial charge is 0.339 e. The summed E-state index contributed by atoms with van der Waals surface area (Å²) in [6.07, 6.45) is 2.34. The summed E-state index contributed by atoms with van der Waals surface area (Å²) in [5, 5.41) is 8.74. The van der Waals surface area contributed by atoms with Gasteiger partial charge in [-0.05, 0) is 37.0 Å². The van der Waals surface area contributed by atoms with Crippen molar-refractivity contribution < 1.29 is 9.52 Å². The second-order valence-corrected chi connectivity index (χ2v) is 4.28. The Balaban J connectivity index is 3.00. The average molecular weight is 222 g/mol. The van der Waals surface area contributed by atoms with Crippen molar-refractivity contribution in [3.63, 3.8) is 0 Å². The lowest BCUT2D eigenvalue weighted by molar-refractivity contribution is 0.342. The minimum atomic E-state index is -0.281. The van der Waals surface area contributed by atoms with E-state index in [0.29, 0.717) is 17.2 Å². The standard InChI is InChI=1S/C13H18O3/c1-9(2)8-11-4-5-12(16-13(11)15)10(3)6-7-14/h4-6,9,14H,7-8H2,1-3H3. The summed E-state index contributed by atoms with van der Waals surface area (Å²) < 4.78 is 5.19. The van der Waals surface area contributed by atoms with Crippen molar-refractivity contribution in [2.24, 2.45) is 5.92 Å². The third kappa shape index (κ3) is 3.35. The Labute approximate surface area is 95.4 Å². The zero-order valence-corrected chi connectivity index (χ0v) is 9.99. The number of allylic oxidation sites excluding steroid dienone is 1. The predicted molar refractivity (Wildman–Crippen MR) is 64.3 cm³/mol. The third-order valence-corrected chi connectivity index (χ3v) is 2.32. The minimum absolute atomic E-state index is 0.0523. The van der Waals surface area contributed by atoms with E-state index in [0.717, 1.165) is 12.0 Å². The molecule has 0 aliphatic carbocycles. The quantitative estimate of drug-likeness (QED) is 0.850. The second-order valence-electron chi connectivity index (χ2n) is 4.28. The van der Waals surface area contributed by atoms with E-state index in [1.165, 1.54) is 0 Å². The van der Waals surface area contributed by atoms with Crippen LogP contribution in [0.3, 0.4) is 0 Å². The number of aliphatic hydroxyl groups is 1. The van der Waals surface area contributed by atoms with Crippen molar-refractivity contribution >= 4 is 5.57 Å². The van der Waals surface area contributed by atoms with Gasteiger partial charge in [-0.25, -0.2) is 4.79 Å². The van der Waals surface area contributed by atoms with Crippen LogP contribution < -0.4 is 5.63 Å². The molecule has 0 aromatic carbocycles. The number of hydrogen-bond donors (Lipinski definition) is 1. The average Bonchev–Trinajstić information content (AvgIpc) is 2.20. The molecule has 1 N–H and O–H groups in total. The van der Waals surface area contributed by atoms with Crippen LogP contribution in [-0.2, 0) is 6.42 Å². The number of hydrogen-bond acceptors (Lipinski definition) is 3. The maximum atomic E-state index is 11.6. The zero-order valence-electron chi connectivity index (χ0n) is 9.99. The molecular formula is C13H18O3. The van der Waals surface area contributed by atoms with Crippen molar-refractivity contribution in [3.05, 3.63) is 40.0 Å². The highest BCUT2D eigenvalue weighted by Gasteiger charge is 2.06. The fourth-order valence-electron chi connectivity index (χ4n) is 1.48. The van der Waals surface area contributed by atoms with Crippen LogP contribution in [0.25, 0.3) is 5.57 Å². The van der Waals surface area contributed by atoms with Crippen LogP contribution in [0, 0.1) is 5.92 Å². The van der Waals surface area contributed by atoms with Crippen molar-refractivity contribution in [2.45, 2.75) is 27.2 Å². The molecule has 0 radical (unpaired) electrons. The molecule has 1 aromatic heterocycles. The summed E-state index contributed by atoms with van der Waals surface area (Å²) in [6, 6.07) is 3.58. The van der Waals surface area contributed by atoms with Crippen molar-refractivity contribution in [1.82, 2.24) is 0 Å². The largest absolute Gasteiger partial charge is 0.423 e. The normalized spacial score (nSPS) is 12.2. The number of aliphatic hydroxyl groups excluding tert-OH is 1. The van der Waals surface area contributed by atoms with Crippen LogP contribution in [0.4, 0.5) is 0 Å². The first-order valence-electron chi connectivity index (χ1n) is 5.45. The Morgan fingerprint density at radius 1 is 1.50 bits per heavy atom. The van der Waals surface area contributed by atoms with Gasteiger partial charge in [-0.15, -0.1) is 0 Å². The Morgan fingerprint density at radius 3 is 2.69 bits per heavy atom. The summed E-state index contributed by atoms with van der Waals surface area (Å²) in [5.41, 5.74) is 1.20. The molecule has 0 unspecified atom stereocenters. The van der Waals surface area contributed by atoms with Crippen molar-refractivity contribution in [1.29, 1.82) is 0 Å². The molecule has 1 rings (SSSR count). The molecule has 0 saturated heterocycles. The first kappa shape index (κ1) is 12.7. The van der Waals surface area contributed by atoms with Gasteiger partial charge >= 0.3 is 5.63 Å². The molecule has 0 saturated carbocycles. The van der Waals surface area contributed by atoms with E-state index in [2.05, 4.69) is 13.8 Å². The highest BCUT2D eigenvalue weighted by atomic mass is 16.4. The lowest BCUT2D eigenvalue weighted by atomic mass is 10.0. The first-order chi connectivity index (χ1) is 7.54. The van der Waals surface area contributed by atoms with Gasteiger partial charge < -0.3 is 9.52 Å². The zero-order chi connectivity index (χ0) is 12.1. The van der Waals surface area contributed by atoms with E-state index < -0.39 is 0 Å². The van der Waals surface area contributed by atoms with Crippen LogP contribution in [0.2, 0.25) is 0 Å². The van der Waals surface area contributed by atoms with Gasteiger partial charge in [0.1, 0.15) is 5.76 Å². The van der Waals surface area contributed by atoms with E-state index in [1.54, 1.807) is 25.1 Å². The maximum absolute atomic E-state index is 11.6. The molecular weight excluding hydrogens is 204 g/mol. The molecule has 0 bridgehead atoms. The Hall–Kier alpha value is -1.35. The number of rotatable bonds is 4. The van der Waals surface area contributed by atoms with E-state index in [9.17, 15) is 4.79 Å². The third-order valence-electron chi connectivity index (χ3n) is 2.32. The van der Waals surface area contributed by atoms with Gasteiger partial charge in [0.05, 0.1) is 6.61 Å². The van der Waals surface area contributed by atoms with Crippen LogP contribution in [0.5, 0.6) is 0 Å². The molecule has 0 amide bonds. The van der Waals surface area contributed by atoms with Crippen LogP contribution >= 0.6 is 0 Å². The lowest BCUT2D eigenvalue weighted by Crippen LogP contribution is -2.10. The van der Waals surface area contributed by atoms with E-state index in [1.807, 2.05) is 0 Å². The van der Waals surface area contributed by atoms with Crippen LogP contribution in [0.15, 0.2) is 27.4 Å². The van der Waals surface area contributed by atoms with Gasteiger partial charge in [0, 0.05) is 5.56 Å². The van der Waals surface area contributed by atoms with Crippen LogP contribution in [-0.4, -0.2) is 11.7 Å². The summed E-state index contributed by atoms with van der Waals surface area (Å²) >= 11 is 0. The lowest BCUT2D eigenvalue weighted by Gasteiger charge is -2.04. The SMILES string of the molecule is CC(=CCO)c1ccc(CC(C)C)c(=O)o1. The Bertz CT molecular complexity index is 427. The molecule has 0 fully saturated rings. The van der Waals surface area contributed by atoms with E-state index in [-0.39, 0.29) is 12.2 Å². The molecule has 1 aromatic rings. The molecule has 0 atom stereocenters.